The topological polar surface area (TPSA) is 59.5 Å². The highest BCUT2D eigenvalue weighted by molar-refractivity contribution is 6.31. The zero-order valence-electron chi connectivity index (χ0n) is 18.9. The van der Waals surface area contributed by atoms with Crippen molar-refractivity contribution in [3.8, 4) is 11.5 Å². The molecule has 1 aliphatic heterocycles. The number of anilines is 1. The summed E-state index contributed by atoms with van der Waals surface area (Å²) < 4.78 is 10.8. The number of hydrogen-bond donors (Lipinski definition) is 1. The second-order valence-electron chi connectivity index (χ2n) is 8.39. The van der Waals surface area contributed by atoms with Crippen molar-refractivity contribution >= 4 is 40.5 Å². The molecule has 0 unspecified atom stereocenters. The van der Waals surface area contributed by atoms with E-state index in [0.29, 0.717) is 22.9 Å². The fourth-order valence-electron chi connectivity index (χ4n) is 3.93. The molecule has 168 valence electrons. The maximum Gasteiger partial charge on any atom is 0.231 e. The molecular formula is C25H29ClN4O2. The molecule has 3 aromatic rings. The van der Waals surface area contributed by atoms with E-state index >= 15 is 0 Å². The van der Waals surface area contributed by atoms with Crippen molar-refractivity contribution in [3.05, 3.63) is 52.8 Å². The van der Waals surface area contributed by atoms with Crippen LogP contribution in [-0.2, 0) is 0 Å². The molecule has 0 atom stereocenters. The summed E-state index contributed by atoms with van der Waals surface area (Å²) in [5, 5.41) is 5.09. The number of nitrogens with one attached hydrogen (secondary N) is 1. The SMILES string of the molecule is CC(C)N(CCNc1nc(/C=C/c2ccc3c(c2)OCO3)nc2ccc(Cl)cc12)C(C)C. The molecule has 2 heterocycles. The Bertz CT molecular complexity index is 1120. The van der Waals surface area contributed by atoms with Crippen molar-refractivity contribution < 1.29 is 9.47 Å². The molecule has 0 aliphatic carbocycles. The number of nitrogens with zero attached hydrogens (tertiary/aromatic N) is 3. The van der Waals surface area contributed by atoms with E-state index in [0.717, 1.165) is 46.9 Å². The third-order valence-electron chi connectivity index (χ3n) is 5.49. The summed E-state index contributed by atoms with van der Waals surface area (Å²) in [7, 11) is 0. The lowest BCUT2D eigenvalue weighted by molar-refractivity contribution is 0.174. The van der Waals surface area contributed by atoms with Crippen molar-refractivity contribution in [1.29, 1.82) is 0 Å². The van der Waals surface area contributed by atoms with Gasteiger partial charge in [0.05, 0.1) is 5.52 Å². The zero-order chi connectivity index (χ0) is 22.7. The molecule has 4 rings (SSSR count). The van der Waals surface area contributed by atoms with E-state index in [2.05, 4.69) is 37.9 Å². The van der Waals surface area contributed by atoms with Crippen LogP contribution in [0.1, 0.15) is 39.1 Å². The average Bonchev–Trinajstić information content (AvgIpc) is 3.22. The van der Waals surface area contributed by atoms with Crippen LogP contribution in [0.3, 0.4) is 0 Å². The van der Waals surface area contributed by atoms with Gasteiger partial charge in [0.25, 0.3) is 0 Å². The Labute approximate surface area is 194 Å². The highest BCUT2D eigenvalue weighted by Gasteiger charge is 2.14. The highest BCUT2D eigenvalue weighted by Crippen LogP contribution is 2.33. The van der Waals surface area contributed by atoms with E-state index in [1.807, 2.05) is 48.6 Å². The first-order chi connectivity index (χ1) is 15.4. The first-order valence-electron chi connectivity index (χ1n) is 11.0. The van der Waals surface area contributed by atoms with E-state index in [4.69, 9.17) is 31.0 Å². The monoisotopic (exact) mass is 452 g/mol. The first-order valence-corrected chi connectivity index (χ1v) is 11.3. The smallest absolute Gasteiger partial charge is 0.231 e. The molecule has 2 aromatic carbocycles. The van der Waals surface area contributed by atoms with Crippen LogP contribution in [0.25, 0.3) is 23.1 Å². The quantitative estimate of drug-likeness (QED) is 0.472. The van der Waals surface area contributed by atoms with Crippen molar-refractivity contribution in [2.75, 3.05) is 25.2 Å². The van der Waals surface area contributed by atoms with Gasteiger partial charge in [-0.2, -0.15) is 0 Å². The van der Waals surface area contributed by atoms with Gasteiger partial charge in [-0.1, -0.05) is 23.7 Å². The Morgan fingerprint density at radius 3 is 2.56 bits per heavy atom. The number of rotatable bonds is 8. The third-order valence-corrected chi connectivity index (χ3v) is 5.72. The molecule has 0 bridgehead atoms. The van der Waals surface area contributed by atoms with Crippen LogP contribution in [0.2, 0.25) is 5.02 Å². The molecule has 6 nitrogen and oxygen atoms in total. The summed E-state index contributed by atoms with van der Waals surface area (Å²) >= 11 is 6.26. The number of ether oxygens (including phenoxy) is 2. The van der Waals surface area contributed by atoms with E-state index < -0.39 is 0 Å². The zero-order valence-corrected chi connectivity index (χ0v) is 19.7. The molecular weight excluding hydrogens is 424 g/mol. The van der Waals surface area contributed by atoms with Gasteiger partial charge in [-0.15, -0.1) is 0 Å². The molecule has 1 aliphatic rings. The van der Waals surface area contributed by atoms with Crippen molar-refractivity contribution in [3.63, 3.8) is 0 Å². The second kappa shape index (κ2) is 9.76. The van der Waals surface area contributed by atoms with E-state index in [1.54, 1.807) is 0 Å². The predicted octanol–water partition coefficient (Wildman–Crippen LogP) is 5.71. The predicted molar refractivity (Wildman–Crippen MR) is 132 cm³/mol. The number of aromatic nitrogens is 2. The summed E-state index contributed by atoms with van der Waals surface area (Å²) in [6, 6.07) is 12.5. The Hall–Kier alpha value is -2.83. The summed E-state index contributed by atoms with van der Waals surface area (Å²) in [6.07, 6.45) is 3.88. The van der Waals surface area contributed by atoms with Crippen LogP contribution in [0.4, 0.5) is 5.82 Å². The highest BCUT2D eigenvalue weighted by atomic mass is 35.5. The van der Waals surface area contributed by atoms with E-state index in [9.17, 15) is 0 Å². The van der Waals surface area contributed by atoms with Gasteiger partial charge < -0.3 is 14.8 Å². The van der Waals surface area contributed by atoms with Gasteiger partial charge in [0, 0.05) is 35.6 Å². The minimum atomic E-state index is 0.263. The lowest BCUT2D eigenvalue weighted by Gasteiger charge is -2.30. The van der Waals surface area contributed by atoms with Crippen LogP contribution in [0, 0.1) is 0 Å². The van der Waals surface area contributed by atoms with Gasteiger partial charge in [0.2, 0.25) is 6.79 Å². The first kappa shape index (κ1) is 22.4. The van der Waals surface area contributed by atoms with Crippen LogP contribution >= 0.6 is 11.6 Å². The summed E-state index contributed by atoms with van der Waals surface area (Å²) in [6.45, 7) is 10.8. The fraction of sp³-hybridized carbons (Fsp3) is 0.360. The average molecular weight is 453 g/mol. The Morgan fingerprint density at radius 1 is 1.00 bits per heavy atom. The van der Waals surface area contributed by atoms with Crippen LogP contribution in [-0.4, -0.2) is 46.8 Å². The van der Waals surface area contributed by atoms with Gasteiger partial charge in [-0.05, 0) is 69.7 Å². The van der Waals surface area contributed by atoms with E-state index in [-0.39, 0.29) is 6.79 Å². The standard InChI is InChI=1S/C25H29ClN4O2/c1-16(2)30(17(3)4)12-11-27-25-20-14-19(26)7-8-21(20)28-24(29-25)10-6-18-5-9-22-23(13-18)32-15-31-22/h5-10,13-14,16-17H,11-12,15H2,1-4H3,(H,27,28,29)/b10-6+. The molecule has 32 heavy (non-hydrogen) atoms. The second-order valence-corrected chi connectivity index (χ2v) is 8.83. The molecule has 7 heteroatoms. The van der Waals surface area contributed by atoms with Gasteiger partial charge in [-0.3, -0.25) is 4.90 Å². The van der Waals surface area contributed by atoms with Crippen molar-refractivity contribution in [2.24, 2.45) is 0 Å². The van der Waals surface area contributed by atoms with Gasteiger partial charge in [0.1, 0.15) is 5.82 Å². The minimum absolute atomic E-state index is 0.263. The third kappa shape index (κ3) is 5.14. The number of fused-ring (bicyclic) bond motifs is 2. The maximum atomic E-state index is 6.26. The summed E-state index contributed by atoms with van der Waals surface area (Å²) in [5.41, 5.74) is 1.84. The molecule has 0 spiro atoms. The molecule has 0 saturated heterocycles. The molecule has 0 fully saturated rings. The number of benzene rings is 2. The lowest BCUT2D eigenvalue weighted by Crippen LogP contribution is -2.40. The van der Waals surface area contributed by atoms with Gasteiger partial charge >= 0.3 is 0 Å². The fourth-order valence-corrected chi connectivity index (χ4v) is 4.10. The van der Waals surface area contributed by atoms with Crippen LogP contribution in [0.15, 0.2) is 36.4 Å². The van der Waals surface area contributed by atoms with Crippen LogP contribution in [0.5, 0.6) is 11.5 Å². The Morgan fingerprint density at radius 2 is 1.78 bits per heavy atom. The molecule has 0 amide bonds. The molecule has 1 N–H and O–H groups in total. The molecule has 1 aromatic heterocycles. The lowest BCUT2D eigenvalue weighted by atomic mass is 10.2. The van der Waals surface area contributed by atoms with Crippen molar-refractivity contribution in [2.45, 2.75) is 39.8 Å². The molecule has 0 radical (unpaired) electrons. The Kier molecular flexibility index (Phi) is 6.82. The van der Waals surface area contributed by atoms with Gasteiger partial charge in [-0.25, -0.2) is 9.97 Å². The number of halogens is 1. The minimum Gasteiger partial charge on any atom is -0.454 e. The Balaban J connectivity index is 1.58. The van der Waals surface area contributed by atoms with Crippen molar-refractivity contribution in [1.82, 2.24) is 14.9 Å². The van der Waals surface area contributed by atoms with Gasteiger partial charge in [0.15, 0.2) is 17.3 Å². The summed E-state index contributed by atoms with van der Waals surface area (Å²) in [4.78, 5) is 11.9. The van der Waals surface area contributed by atoms with E-state index in [1.165, 1.54) is 0 Å². The largest absolute Gasteiger partial charge is 0.454 e. The van der Waals surface area contributed by atoms with Crippen LogP contribution < -0.4 is 14.8 Å². The number of hydrogen-bond acceptors (Lipinski definition) is 6. The normalized spacial score (nSPS) is 13.2. The molecule has 0 saturated carbocycles. The summed E-state index contributed by atoms with van der Waals surface area (Å²) in [5.74, 6) is 2.94. The maximum absolute atomic E-state index is 6.26.